The van der Waals surface area contributed by atoms with E-state index < -0.39 is 0 Å². The lowest BCUT2D eigenvalue weighted by Gasteiger charge is -2.20. The Balaban J connectivity index is 1.99. The minimum Gasteiger partial charge on any atom is -0.376 e. The lowest BCUT2D eigenvalue weighted by atomic mass is 10.1. The Morgan fingerprint density at radius 3 is 3.18 bits per heavy atom. The second-order valence-corrected chi connectivity index (χ2v) is 4.51. The lowest BCUT2D eigenvalue weighted by molar-refractivity contribution is 0.0712. The zero-order valence-corrected chi connectivity index (χ0v) is 10.4. The van der Waals surface area contributed by atoms with Crippen molar-refractivity contribution in [2.75, 3.05) is 6.61 Å². The first-order chi connectivity index (χ1) is 8.18. The molecule has 17 heavy (non-hydrogen) atoms. The number of nitrogens with one attached hydrogen (secondary N) is 1. The summed E-state index contributed by atoms with van der Waals surface area (Å²) in [6, 6.07) is 3.34. The van der Waals surface area contributed by atoms with E-state index in [9.17, 15) is 4.79 Å². The van der Waals surface area contributed by atoms with Crippen LogP contribution in [0.2, 0.25) is 5.15 Å². The second kappa shape index (κ2) is 5.47. The van der Waals surface area contributed by atoms with Crippen LogP contribution in [0.5, 0.6) is 0 Å². The van der Waals surface area contributed by atoms with Crippen molar-refractivity contribution >= 4 is 17.5 Å². The number of carbonyl (C=O) groups is 1. The first-order valence-electron chi connectivity index (χ1n) is 5.71. The monoisotopic (exact) mass is 254 g/mol. The number of hydrogen-bond donors (Lipinski definition) is 1. The molecule has 0 saturated carbocycles. The van der Waals surface area contributed by atoms with Gasteiger partial charge in [0, 0.05) is 12.8 Å². The standard InChI is InChI=1S/C12H15ClN2O2/c1-8(10-5-3-7-17-10)15-12(16)9-4-2-6-14-11(9)13/h2,4,6,8,10H,3,5,7H2,1H3,(H,15,16). The van der Waals surface area contributed by atoms with E-state index in [0.29, 0.717) is 5.56 Å². The maximum Gasteiger partial charge on any atom is 0.254 e. The van der Waals surface area contributed by atoms with Gasteiger partial charge < -0.3 is 10.1 Å². The Labute approximate surface area is 105 Å². The van der Waals surface area contributed by atoms with Crippen molar-refractivity contribution in [2.45, 2.75) is 31.9 Å². The van der Waals surface area contributed by atoms with Crippen molar-refractivity contribution < 1.29 is 9.53 Å². The van der Waals surface area contributed by atoms with Crippen LogP contribution in [0.25, 0.3) is 0 Å². The molecule has 0 bridgehead atoms. The molecule has 4 nitrogen and oxygen atoms in total. The highest BCUT2D eigenvalue weighted by Gasteiger charge is 2.24. The molecule has 0 aromatic carbocycles. The van der Waals surface area contributed by atoms with Gasteiger partial charge in [-0.3, -0.25) is 4.79 Å². The Hall–Kier alpha value is -1.13. The highest BCUT2D eigenvalue weighted by atomic mass is 35.5. The molecular weight excluding hydrogens is 240 g/mol. The fourth-order valence-corrected chi connectivity index (χ4v) is 2.13. The Bertz CT molecular complexity index is 405. The molecule has 1 aliphatic heterocycles. The normalized spacial score (nSPS) is 21.2. The second-order valence-electron chi connectivity index (χ2n) is 4.16. The van der Waals surface area contributed by atoms with Gasteiger partial charge in [0.15, 0.2) is 0 Å². The summed E-state index contributed by atoms with van der Waals surface area (Å²) < 4.78 is 5.52. The van der Waals surface area contributed by atoms with Gasteiger partial charge in [-0.05, 0) is 31.9 Å². The average Bonchev–Trinajstić information content (AvgIpc) is 2.82. The van der Waals surface area contributed by atoms with Crippen molar-refractivity contribution in [3.8, 4) is 0 Å². The van der Waals surface area contributed by atoms with Crippen LogP contribution in [0.1, 0.15) is 30.1 Å². The fraction of sp³-hybridized carbons (Fsp3) is 0.500. The predicted octanol–water partition coefficient (Wildman–Crippen LogP) is 2.03. The van der Waals surface area contributed by atoms with Gasteiger partial charge in [0.25, 0.3) is 5.91 Å². The Kier molecular flexibility index (Phi) is 3.97. The van der Waals surface area contributed by atoms with E-state index in [-0.39, 0.29) is 23.2 Å². The third-order valence-corrected chi connectivity index (χ3v) is 3.19. The minimum atomic E-state index is -0.203. The zero-order valence-electron chi connectivity index (χ0n) is 9.65. The van der Waals surface area contributed by atoms with Crippen LogP contribution in [0.4, 0.5) is 0 Å². The fourth-order valence-electron chi connectivity index (χ4n) is 1.93. The topological polar surface area (TPSA) is 51.2 Å². The molecule has 1 fully saturated rings. The number of amides is 1. The maximum absolute atomic E-state index is 11.9. The summed E-state index contributed by atoms with van der Waals surface area (Å²) in [5.41, 5.74) is 0.402. The van der Waals surface area contributed by atoms with Crippen LogP contribution in [0.3, 0.4) is 0 Å². The number of pyridine rings is 1. The van der Waals surface area contributed by atoms with Crippen molar-refractivity contribution in [2.24, 2.45) is 0 Å². The number of rotatable bonds is 3. The Morgan fingerprint density at radius 2 is 2.53 bits per heavy atom. The number of carbonyl (C=O) groups excluding carboxylic acids is 1. The summed E-state index contributed by atoms with van der Waals surface area (Å²) in [4.78, 5) is 15.8. The van der Waals surface area contributed by atoms with E-state index in [1.165, 1.54) is 0 Å². The molecule has 5 heteroatoms. The molecule has 1 aliphatic rings. The molecule has 92 valence electrons. The maximum atomic E-state index is 11.9. The van der Waals surface area contributed by atoms with Crippen LogP contribution in [0, 0.1) is 0 Å². The summed E-state index contributed by atoms with van der Waals surface area (Å²) in [6.45, 7) is 2.72. The van der Waals surface area contributed by atoms with E-state index >= 15 is 0 Å². The highest BCUT2D eigenvalue weighted by Crippen LogP contribution is 2.17. The highest BCUT2D eigenvalue weighted by molar-refractivity contribution is 6.32. The third kappa shape index (κ3) is 2.96. The summed E-state index contributed by atoms with van der Waals surface area (Å²) >= 11 is 5.86. The summed E-state index contributed by atoms with van der Waals surface area (Å²) in [5.74, 6) is -0.203. The van der Waals surface area contributed by atoms with E-state index in [1.54, 1.807) is 18.3 Å². The van der Waals surface area contributed by atoms with Crippen LogP contribution in [-0.4, -0.2) is 29.6 Å². The quantitative estimate of drug-likeness (QED) is 0.840. The molecule has 0 spiro atoms. The molecule has 2 atom stereocenters. The third-order valence-electron chi connectivity index (χ3n) is 2.89. The number of hydrogen-bond acceptors (Lipinski definition) is 3. The molecule has 1 aromatic heterocycles. The summed E-state index contributed by atoms with van der Waals surface area (Å²) in [7, 11) is 0. The number of ether oxygens (including phenoxy) is 1. The number of halogens is 1. The van der Waals surface area contributed by atoms with Gasteiger partial charge >= 0.3 is 0 Å². The first-order valence-corrected chi connectivity index (χ1v) is 6.09. The van der Waals surface area contributed by atoms with Crippen LogP contribution in [-0.2, 0) is 4.74 Å². The molecule has 2 heterocycles. The van der Waals surface area contributed by atoms with Gasteiger partial charge in [0.1, 0.15) is 5.15 Å². The van der Waals surface area contributed by atoms with E-state index in [4.69, 9.17) is 16.3 Å². The summed E-state index contributed by atoms with van der Waals surface area (Å²) in [6.07, 6.45) is 3.71. The largest absolute Gasteiger partial charge is 0.376 e. The molecule has 0 radical (unpaired) electrons. The first kappa shape index (κ1) is 12.3. The smallest absolute Gasteiger partial charge is 0.254 e. The summed E-state index contributed by atoms with van der Waals surface area (Å²) in [5, 5.41) is 3.12. The molecule has 1 aromatic rings. The van der Waals surface area contributed by atoms with Gasteiger partial charge in [-0.15, -0.1) is 0 Å². The van der Waals surface area contributed by atoms with E-state index in [0.717, 1.165) is 19.4 Å². The zero-order chi connectivity index (χ0) is 12.3. The van der Waals surface area contributed by atoms with Crippen molar-refractivity contribution in [3.63, 3.8) is 0 Å². The molecule has 2 rings (SSSR count). The van der Waals surface area contributed by atoms with Crippen molar-refractivity contribution in [1.29, 1.82) is 0 Å². The predicted molar refractivity (Wildman–Crippen MR) is 65.1 cm³/mol. The number of nitrogens with zero attached hydrogens (tertiary/aromatic N) is 1. The van der Waals surface area contributed by atoms with Crippen molar-refractivity contribution in [3.05, 3.63) is 29.0 Å². The molecule has 1 N–H and O–H groups in total. The Morgan fingerprint density at radius 1 is 1.71 bits per heavy atom. The average molecular weight is 255 g/mol. The SMILES string of the molecule is CC(NC(=O)c1cccnc1Cl)C1CCCO1. The van der Waals surface area contributed by atoms with Gasteiger partial charge in [-0.1, -0.05) is 11.6 Å². The molecule has 1 saturated heterocycles. The number of aromatic nitrogens is 1. The van der Waals surface area contributed by atoms with E-state index in [1.807, 2.05) is 6.92 Å². The van der Waals surface area contributed by atoms with Gasteiger partial charge in [-0.2, -0.15) is 0 Å². The van der Waals surface area contributed by atoms with Crippen LogP contribution in [0.15, 0.2) is 18.3 Å². The van der Waals surface area contributed by atoms with Gasteiger partial charge in [0.05, 0.1) is 17.7 Å². The molecule has 1 amide bonds. The molecule has 0 aliphatic carbocycles. The molecule has 2 unspecified atom stereocenters. The van der Waals surface area contributed by atoms with Crippen molar-refractivity contribution in [1.82, 2.24) is 10.3 Å². The van der Waals surface area contributed by atoms with E-state index in [2.05, 4.69) is 10.3 Å². The molecular formula is C12H15ClN2O2. The van der Waals surface area contributed by atoms with Crippen LogP contribution >= 0.6 is 11.6 Å². The van der Waals surface area contributed by atoms with Crippen LogP contribution < -0.4 is 5.32 Å². The minimum absolute atomic E-state index is 0.0127. The lowest BCUT2D eigenvalue weighted by Crippen LogP contribution is -2.40. The van der Waals surface area contributed by atoms with Gasteiger partial charge in [-0.25, -0.2) is 4.98 Å². The van der Waals surface area contributed by atoms with Gasteiger partial charge in [0.2, 0.25) is 0 Å².